The molecular weight excluding hydrogens is 414 g/mol. The monoisotopic (exact) mass is 439 g/mol. The maximum absolute atomic E-state index is 12.4. The van der Waals surface area contributed by atoms with E-state index in [9.17, 15) is 14.4 Å². The van der Waals surface area contributed by atoms with Crippen LogP contribution < -0.4 is 9.80 Å². The summed E-state index contributed by atoms with van der Waals surface area (Å²) in [6.45, 7) is 1.77. The van der Waals surface area contributed by atoms with Gasteiger partial charge in [-0.2, -0.15) is 0 Å². The third kappa shape index (κ3) is 5.00. The van der Waals surface area contributed by atoms with Gasteiger partial charge in [0.1, 0.15) is 19.3 Å². The number of hydrogen-bond acceptors (Lipinski definition) is 6. The van der Waals surface area contributed by atoms with Crippen LogP contribution in [0.2, 0.25) is 0 Å². The summed E-state index contributed by atoms with van der Waals surface area (Å²) in [4.78, 5) is 41.2. The van der Waals surface area contributed by atoms with Gasteiger partial charge in [-0.3, -0.25) is 9.69 Å². The number of carbonyl (C=O) groups excluding carboxylic acids is 3. The zero-order valence-electron chi connectivity index (χ0n) is 17.8. The Bertz CT molecular complexity index is 965. The van der Waals surface area contributed by atoms with Gasteiger partial charge in [-0.1, -0.05) is 30.3 Å². The molecule has 4 rings (SSSR count). The lowest BCUT2D eigenvalue weighted by Crippen LogP contribution is -2.41. The number of benzene rings is 2. The van der Waals surface area contributed by atoms with Gasteiger partial charge in [-0.05, 0) is 29.8 Å². The van der Waals surface area contributed by atoms with Crippen molar-refractivity contribution in [1.82, 2.24) is 4.90 Å². The molecule has 168 valence electrons. The molecule has 0 radical (unpaired) electrons. The Hall–Kier alpha value is -3.59. The minimum absolute atomic E-state index is 0.0726. The third-order valence-electron chi connectivity index (χ3n) is 5.33. The summed E-state index contributed by atoms with van der Waals surface area (Å²) >= 11 is 0. The van der Waals surface area contributed by atoms with Crippen LogP contribution in [0, 0.1) is 0 Å². The van der Waals surface area contributed by atoms with Crippen molar-refractivity contribution < 1.29 is 28.6 Å². The molecule has 0 aromatic heterocycles. The third-order valence-corrected chi connectivity index (χ3v) is 5.33. The fourth-order valence-corrected chi connectivity index (χ4v) is 3.64. The lowest BCUT2D eigenvalue weighted by Gasteiger charge is -2.27. The molecule has 0 saturated carbocycles. The molecule has 3 amide bonds. The number of hydrogen-bond donors (Lipinski definition) is 0. The second kappa shape index (κ2) is 9.69. The molecule has 2 heterocycles. The molecule has 0 unspecified atom stereocenters. The number of nitrogens with zero attached hydrogens (tertiary/aromatic N) is 3. The summed E-state index contributed by atoms with van der Waals surface area (Å²) in [5, 5.41) is 0. The number of morpholine rings is 1. The second-order valence-corrected chi connectivity index (χ2v) is 7.65. The minimum Gasteiger partial charge on any atom is -0.445 e. The largest absolute Gasteiger partial charge is 0.445 e. The molecule has 2 aromatic carbocycles. The van der Waals surface area contributed by atoms with Crippen LogP contribution in [0.5, 0.6) is 0 Å². The number of amides is 3. The molecular formula is C23H25N3O6. The zero-order valence-corrected chi connectivity index (χ0v) is 17.8. The Balaban J connectivity index is 1.30. The fourth-order valence-electron chi connectivity index (χ4n) is 3.64. The average molecular weight is 439 g/mol. The summed E-state index contributed by atoms with van der Waals surface area (Å²) < 4.78 is 15.9. The fraction of sp³-hybridized carbons (Fsp3) is 0.348. The lowest BCUT2D eigenvalue weighted by molar-refractivity contribution is -0.125. The van der Waals surface area contributed by atoms with Gasteiger partial charge in [-0.15, -0.1) is 0 Å². The van der Waals surface area contributed by atoms with Crippen molar-refractivity contribution in [3.63, 3.8) is 0 Å². The molecule has 0 aliphatic carbocycles. The van der Waals surface area contributed by atoms with E-state index in [1.165, 1.54) is 9.80 Å². The Morgan fingerprint density at radius 2 is 1.75 bits per heavy atom. The normalized spacial score (nSPS) is 18.5. The summed E-state index contributed by atoms with van der Waals surface area (Å²) in [5.74, 6) is -0.0909. The van der Waals surface area contributed by atoms with Crippen LogP contribution in [0.1, 0.15) is 5.56 Å². The van der Waals surface area contributed by atoms with Gasteiger partial charge in [0.15, 0.2) is 0 Å². The van der Waals surface area contributed by atoms with Crippen LogP contribution in [-0.4, -0.2) is 69.0 Å². The first-order valence-corrected chi connectivity index (χ1v) is 10.4. The maximum Gasteiger partial charge on any atom is 0.414 e. The Kier molecular flexibility index (Phi) is 6.55. The summed E-state index contributed by atoms with van der Waals surface area (Å²) in [7, 11) is 1.61. The maximum atomic E-state index is 12.4. The lowest BCUT2D eigenvalue weighted by atomic mass is 10.2. The molecule has 2 aliphatic rings. The van der Waals surface area contributed by atoms with Gasteiger partial charge >= 0.3 is 12.2 Å². The second-order valence-electron chi connectivity index (χ2n) is 7.65. The van der Waals surface area contributed by atoms with Crippen LogP contribution in [0.3, 0.4) is 0 Å². The molecule has 0 spiro atoms. The van der Waals surface area contributed by atoms with Crippen molar-refractivity contribution in [2.45, 2.75) is 12.7 Å². The van der Waals surface area contributed by atoms with E-state index in [4.69, 9.17) is 14.2 Å². The van der Waals surface area contributed by atoms with E-state index >= 15 is 0 Å². The highest BCUT2D eigenvalue weighted by atomic mass is 16.6. The van der Waals surface area contributed by atoms with Crippen LogP contribution in [0.25, 0.3) is 0 Å². The molecule has 2 aliphatic heterocycles. The van der Waals surface area contributed by atoms with E-state index < -0.39 is 18.3 Å². The Morgan fingerprint density at radius 1 is 1.06 bits per heavy atom. The number of cyclic esters (lactones) is 1. The topological polar surface area (TPSA) is 88.6 Å². The summed E-state index contributed by atoms with van der Waals surface area (Å²) in [6.07, 6.45) is -1.43. The van der Waals surface area contributed by atoms with Gasteiger partial charge in [0.05, 0.1) is 19.7 Å². The van der Waals surface area contributed by atoms with Crippen LogP contribution in [0.15, 0.2) is 54.6 Å². The number of rotatable bonds is 6. The van der Waals surface area contributed by atoms with Gasteiger partial charge in [0, 0.05) is 25.0 Å². The van der Waals surface area contributed by atoms with E-state index in [2.05, 4.69) is 0 Å². The first kappa shape index (κ1) is 21.6. The van der Waals surface area contributed by atoms with Crippen molar-refractivity contribution >= 4 is 29.5 Å². The predicted octanol–water partition coefficient (Wildman–Crippen LogP) is 2.64. The summed E-state index contributed by atoms with van der Waals surface area (Å²) in [5.41, 5.74) is 2.32. The summed E-state index contributed by atoms with van der Waals surface area (Å²) in [6, 6.07) is 16.6. The molecule has 9 heteroatoms. The Morgan fingerprint density at radius 3 is 2.44 bits per heavy atom. The average Bonchev–Trinajstić information content (AvgIpc) is 3.18. The molecule has 1 atom stereocenters. The highest BCUT2D eigenvalue weighted by molar-refractivity contribution is 5.95. The van der Waals surface area contributed by atoms with Gasteiger partial charge in [0.2, 0.25) is 0 Å². The smallest absolute Gasteiger partial charge is 0.414 e. The van der Waals surface area contributed by atoms with Crippen LogP contribution in [-0.2, 0) is 25.6 Å². The highest BCUT2D eigenvalue weighted by Gasteiger charge is 2.34. The van der Waals surface area contributed by atoms with E-state index in [-0.39, 0.29) is 25.7 Å². The first-order valence-electron chi connectivity index (χ1n) is 10.4. The molecule has 32 heavy (non-hydrogen) atoms. The standard InChI is InChI=1S/C23H25N3O6/c1-24(22(28)31-15-17-5-3-2-4-6-17)13-20-14-26(23(29)32-20)19-9-7-18(8-10-19)25-11-12-30-16-21(25)27/h2-10,20H,11-16H2,1H3/t20-/m0/s1. The van der Waals surface area contributed by atoms with Crippen molar-refractivity contribution in [3.8, 4) is 0 Å². The van der Waals surface area contributed by atoms with Gasteiger partial charge in [-0.25, -0.2) is 9.59 Å². The molecule has 0 N–H and O–H groups in total. The van der Waals surface area contributed by atoms with E-state index in [1.807, 2.05) is 30.3 Å². The highest BCUT2D eigenvalue weighted by Crippen LogP contribution is 2.26. The van der Waals surface area contributed by atoms with E-state index in [0.29, 0.717) is 25.4 Å². The number of anilines is 2. The van der Waals surface area contributed by atoms with Crippen LogP contribution >= 0.6 is 0 Å². The molecule has 2 saturated heterocycles. The Labute approximate surface area is 186 Å². The molecule has 0 bridgehead atoms. The van der Waals surface area contributed by atoms with Crippen molar-refractivity contribution in [3.05, 3.63) is 60.2 Å². The molecule has 9 nitrogen and oxygen atoms in total. The van der Waals surface area contributed by atoms with Gasteiger partial charge in [0.25, 0.3) is 5.91 Å². The van der Waals surface area contributed by atoms with E-state index in [0.717, 1.165) is 11.3 Å². The van der Waals surface area contributed by atoms with Crippen molar-refractivity contribution in [2.75, 3.05) is 49.7 Å². The van der Waals surface area contributed by atoms with Gasteiger partial charge < -0.3 is 24.0 Å². The van der Waals surface area contributed by atoms with Crippen LogP contribution in [0.4, 0.5) is 21.0 Å². The number of likely N-dealkylation sites (N-methyl/N-ethyl adjacent to an activating group) is 1. The minimum atomic E-state index is -0.483. The SMILES string of the molecule is CN(C[C@H]1CN(c2ccc(N3CCOCC3=O)cc2)C(=O)O1)C(=O)OCc1ccccc1. The number of carbonyl (C=O) groups is 3. The van der Waals surface area contributed by atoms with Crippen molar-refractivity contribution in [1.29, 1.82) is 0 Å². The number of ether oxygens (including phenoxy) is 3. The molecule has 2 fully saturated rings. The predicted molar refractivity (Wildman–Crippen MR) is 116 cm³/mol. The van der Waals surface area contributed by atoms with E-state index in [1.54, 1.807) is 36.2 Å². The zero-order chi connectivity index (χ0) is 22.5. The molecule has 2 aromatic rings. The first-order chi connectivity index (χ1) is 15.5. The van der Waals surface area contributed by atoms with Crippen molar-refractivity contribution in [2.24, 2.45) is 0 Å². The quantitative estimate of drug-likeness (QED) is 0.688.